The molecule has 2 rings (SSSR count). The molecule has 8 heteroatoms. The Morgan fingerprint density at radius 2 is 2.43 bits per heavy atom. The summed E-state index contributed by atoms with van der Waals surface area (Å²) in [4.78, 5) is 30.1. The molecule has 1 aliphatic rings. The first kappa shape index (κ1) is 15.3. The summed E-state index contributed by atoms with van der Waals surface area (Å²) in [5.74, 6) is -0.0945. The van der Waals surface area contributed by atoms with Crippen LogP contribution >= 0.6 is 0 Å². The standard InChI is InChI=1S/C13H20N4O4/c1-13(11(18)19)8-21-7-9(13)17-12(20)16-4-2-3-10-14-5-6-15-10/h5-6,9H,2-4,7-8H2,1H3,(H,14,15)(H,18,19)(H2,16,17,20). The van der Waals surface area contributed by atoms with Crippen molar-refractivity contribution in [2.75, 3.05) is 19.8 Å². The van der Waals surface area contributed by atoms with E-state index in [2.05, 4.69) is 20.6 Å². The van der Waals surface area contributed by atoms with Crippen LogP contribution in [-0.2, 0) is 16.0 Å². The summed E-state index contributed by atoms with van der Waals surface area (Å²) in [5.41, 5.74) is -1.08. The number of aryl methyl sites for hydroxylation is 1. The zero-order valence-corrected chi connectivity index (χ0v) is 11.9. The third-order valence-corrected chi connectivity index (χ3v) is 3.68. The van der Waals surface area contributed by atoms with Crippen molar-refractivity contribution in [2.24, 2.45) is 5.41 Å². The number of nitrogens with one attached hydrogen (secondary N) is 3. The van der Waals surface area contributed by atoms with Crippen LogP contribution in [0.1, 0.15) is 19.2 Å². The van der Waals surface area contributed by atoms with Gasteiger partial charge in [0.1, 0.15) is 11.2 Å². The number of H-pyrrole nitrogens is 1. The largest absolute Gasteiger partial charge is 0.481 e. The van der Waals surface area contributed by atoms with E-state index in [0.29, 0.717) is 6.54 Å². The molecule has 0 saturated carbocycles. The molecule has 1 fully saturated rings. The van der Waals surface area contributed by atoms with Gasteiger partial charge in [0.25, 0.3) is 0 Å². The second kappa shape index (κ2) is 6.57. The summed E-state index contributed by atoms with van der Waals surface area (Å²) in [6, 6.07) is -0.905. The Labute approximate surface area is 122 Å². The third-order valence-electron chi connectivity index (χ3n) is 3.68. The molecule has 2 unspecified atom stereocenters. The van der Waals surface area contributed by atoms with E-state index in [1.807, 2.05) is 0 Å². The fourth-order valence-corrected chi connectivity index (χ4v) is 2.19. The highest BCUT2D eigenvalue weighted by molar-refractivity contribution is 5.79. The van der Waals surface area contributed by atoms with Gasteiger partial charge < -0.3 is 25.5 Å². The van der Waals surface area contributed by atoms with Gasteiger partial charge in [-0.25, -0.2) is 9.78 Å². The molecule has 1 aromatic rings. The molecule has 116 valence electrons. The number of rotatable bonds is 6. The van der Waals surface area contributed by atoms with Crippen molar-refractivity contribution in [2.45, 2.75) is 25.8 Å². The number of nitrogens with zero attached hydrogens (tertiary/aromatic N) is 1. The maximum atomic E-state index is 11.8. The minimum atomic E-state index is -1.08. The summed E-state index contributed by atoms with van der Waals surface area (Å²) in [6.45, 7) is 2.38. The Bertz CT molecular complexity index is 490. The van der Waals surface area contributed by atoms with Crippen LogP contribution in [0.25, 0.3) is 0 Å². The van der Waals surface area contributed by atoms with Gasteiger partial charge in [0.2, 0.25) is 0 Å². The van der Waals surface area contributed by atoms with Crippen molar-refractivity contribution in [1.82, 2.24) is 20.6 Å². The monoisotopic (exact) mass is 296 g/mol. The first-order valence-electron chi connectivity index (χ1n) is 6.86. The van der Waals surface area contributed by atoms with E-state index in [-0.39, 0.29) is 19.2 Å². The van der Waals surface area contributed by atoms with Crippen molar-refractivity contribution in [1.29, 1.82) is 0 Å². The van der Waals surface area contributed by atoms with E-state index in [1.165, 1.54) is 0 Å². The van der Waals surface area contributed by atoms with Gasteiger partial charge in [-0.3, -0.25) is 4.79 Å². The molecular weight excluding hydrogens is 276 g/mol. The highest BCUT2D eigenvalue weighted by Gasteiger charge is 2.47. The molecular formula is C13H20N4O4. The van der Waals surface area contributed by atoms with Crippen LogP contribution in [0.15, 0.2) is 12.4 Å². The predicted molar refractivity (Wildman–Crippen MR) is 73.8 cm³/mol. The van der Waals surface area contributed by atoms with E-state index in [9.17, 15) is 14.7 Å². The zero-order chi connectivity index (χ0) is 15.3. The first-order valence-corrected chi connectivity index (χ1v) is 6.86. The molecule has 0 aromatic carbocycles. The van der Waals surface area contributed by atoms with Gasteiger partial charge in [0, 0.05) is 25.4 Å². The number of carboxylic acids is 1. The lowest BCUT2D eigenvalue weighted by molar-refractivity contribution is -0.148. The SMILES string of the molecule is CC1(C(=O)O)COCC1NC(=O)NCCCc1ncc[nH]1. The fraction of sp³-hybridized carbons (Fsp3) is 0.615. The van der Waals surface area contributed by atoms with Crippen molar-refractivity contribution in [3.63, 3.8) is 0 Å². The average Bonchev–Trinajstić information content (AvgIpc) is 3.06. The smallest absolute Gasteiger partial charge is 0.315 e. The van der Waals surface area contributed by atoms with Crippen molar-refractivity contribution >= 4 is 12.0 Å². The number of aromatic nitrogens is 2. The number of aromatic amines is 1. The number of carbonyl (C=O) groups excluding carboxylic acids is 1. The number of aliphatic carboxylic acids is 1. The molecule has 0 bridgehead atoms. The molecule has 21 heavy (non-hydrogen) atoms. The second-order valence-corrected chi connectivity index (χ2v) is 5.33. The van der Waals surface area contributed by atoms with Gasteiger partial charge in [0.15, 0.2) is 0 Å². The zero-order valence-electron chi connectivity index (χ0n) is 11.9. The number of carbonyl (C=O) groups is 2. The maximum absolute atomic E-state index is 11.8. The molecule has 0 aliphatic carbocycles. The Hall–Kier alpha value is -2.09. The van der Waals surface area contributed by atoms with Gasteiger partial charge in [-0.15, -0.1) is 0 Å². The Kier molecular flexibility index (Phi) is 4.79. The van der Waals surface area contributed by atoms with Crippen LogP contribution in [0.3, 0.4) is 0 Å². The second-order valence-electron chi connectivity index (χ2n) is 5.33. The van der Waals surface area contributed by atoms with Gasteiger partial charge >= 0.3 is 12.0 Å². The molecule has 8 nitrogen and oxygen atoms in total. The van der Waals surface area contributed by atoms with Crippen molar-refractivity contribution in [3.8, 4) is 0 Å². The van der Waals surface area contributed by atoms with Gasteiger partial charge in [-0.1, -0.05) is 0 Å². The Morgan fingerprint density at radius 3 is 3.10 bits per heavy atom. The lowest BCUT2D eigenvalue weighted by Crippen LogP contribution is -2.52. The molecule has 2 amide bonds. The van der Waals surface area contributed by atoms with Gasteiger partial charge in [-0.05, 0) is 13.3 Å². The van der Waals surface area contributed by atoms with Crippen LogP contribution < -0.4 is 10.6 Å². The van der Waals surface area contributed by atoms with Crippen LogP contribution in [0.4, 0.5) is 4.79 Å². The first-order chi connectivity index (χ1) is 10.0. The van der Waals surface area contributed by atoms with Crippen molar-refractivity contribution < 1.29 is 19.4 Å². The Balaban J connectivity index is 1.70. The molecule has 1 aliphatic heterocycles. The molecule has 2 atom stereocenters. The summed E-state index contributed by atoms with van der Waals surface area (Å²) in [5, 5.41) is 14.6. The average molecular weight is 296 g/mol. The van der Waals surface area contributed by atoms with E-state index in [1.54, 1.807) is 19.3 Å². The minimum absolute atomic E-state index is 0.103. The Morgan fingerprint density at radius 1 is 1.62 bits per heavy atom. The van der Waals surface area contributed by atoms with Crippen molar-refractivity contribution in [3.05, 3.63) is 18.2 Å². The minimum Gasteiger partial charge on any atom is -0.481 e. The number of imidazole rings is 1. The normalized spacial score (nSPS) is 24.7. The predicted octanol–water partition coefficient (Wildman–Crippen LogP) is 0.131. The van der Waals surface area contributed by atoms with E-state index in [4.69, 9.17) is 4.74 Å². The molecule has 4 N–H and O–H groups in total. The number of carboxylic acid groups (broad SMARTS) is 1. The number of hydrogen-bond acceptors (Lipinski definition) is 4. The lowest BCUT2D eigenvalue weighted by atomic mass is 9.85. The molecule has 0 radical (unpaired) electrons. The lowest BCUT2D eigenvalue weighted by Gasteiger charge is -2.25. The van der Waals surface area contributed by atoms with Gasteiger partial charge in [0.05, 0.1) is 19.3 Å². The van der Waals surface area contributed by atoms with E-state index >= 15 is 0 Å². The summed E-state index contributed by atoms with van der Waals surface area (Å²) >= 11 is 0. The molecule has 1 saturated heterocycles. The molecule has 0 spiro atoms. The third kappa shape index (κ3) is 3.72. The van der Waals surface area contributed by atoms with Crippen LogP contribution in [-0.4, -0.2) is 52.9 Å². The summed E-state index contributed by atoms with van der Waals surface area (Å²) < 4.78 is 5.17. The number of ether oxygens (including phenoxy) is 1. The quantitative estimate of drug-likeness (QED) is 0.557. The highest BCUT2D eigenvalue weighted by atomic mass is 16.5. The maximum Gasteiger partial charge on any atom is 0.315 e. The van der Waals surface area contributed by atoms with E-state index in [0.717, 1.165) is 18.7 Å². The summed E-state index contributed by atoms with van der Waals surface area (Å²) in [6.07, 6.45) is 4.93. The number of urea groups is 1. The van der Waals surface area contributed by atoms with Crippen LogP contribution in [0.5, 0.6) is 0 Å². The van der Waals surface area contributed by atoms with Crippen LogP contribution in [0, 0.1) is 5.41 Å². The number of hydrogen-bond donors (Lipinski definition) is 4. The summed E-state index contributed by atoms with van der Waals surface area (Å²) in [7, 11) is 0. The van der Waals surface area contributed by atoms with Crippen LogP contribution in [0.2, 0.25) is 0 Å². The molecule has 1 aromatic heterocycles. The highest BCUT2D eigenvalue weighted by Crippen LogP contribution is 2.28. The fourth-order valence-electron chi connectivity index (χ4n) is 2.19. The topological polar surface area (TPSA) is 116 Å². The van der Waals surface area contributed by atoms with Gasteiger partial charge in [-0.2, -0.15) is 0 Å². The number of amides is 2. The van der Waals surface area contributed by atoms with E-state index < -0.39 is 17.4 Å². The molecule has 2 heterocycles.